The van der Waals surface area contributed by atoms with E-state index in [0.717, 1.165) is 103 Å². The fraction of sp³-hybridized carbons (Fsp3) is 0.534. The number of allylic oxidation sites excluding steroid dienone is 24. The summed E-state index contributed by atoms with van der Waals surface area (Å²) in [6, 6.07) is 0. The van der Waals surface area contributed by atoms with Crippen LogP contribution in [-0.4, -0.2) is 37.2 Å². The summed E-state index contributed by atoms with van der Waals surface area (Å²) in [7, 11) is 0. The van der Waals surface area contributed by atoms with Crippen molar-refractivity contribution in [3.63, 3.8) is 0 Å². The van der Waals surface area contributed by atoms with Crippen LogP contribution in [0.15, 0.2) is 146 Å². The summed E-state index contributed by atoms with van der Waals surface area (Å²) in [5.41, 5.74) is 0. The molecule has 0 radical (unpaired) electrons. The minimum absolute atomic E-state index is 0.117. The number of unbranched alkanes of at least 4 members (excludes halogenated alkanes) is 13. The van der Waals surface area contributed by atoms with Crippen molar-refractivity contribution in [2.45, 2.75) is 187 Å². The van der Waals surface area contributed by atoms with E-state index in [4.69, 9.17) is 14.2 Å². The molecule has 0 aromatic rings. The standard InChI is InChI=1S/C58H88O6/c1-4-7-10-13-16-19-22-24-26-28-29-30-32-33-36-39-42-45-48-51-57(60)63-54-55(53-62-56(59)50-47-44-41-38-35-21-18-15-12-9-6-3)64-58(61)52-49-46-43-40-37-34-31-27-25-23-20-17-14-11-8-5-2/h7-8,10-11,13,15-20,22,24-30,32-34,36-37,55H,4-6,9,12,14,21,23,31,35,38-54H2,1-3H3/b10-7-,11-8-,16-13-,18-15-,20-17-,22-19-,26-24-,27-25-,29-28+,32-30-,36-33-,37-34-. The maximum atomic E-state index is 12.8. The maximum Gasteiger partial charge on any atom is 0.306 e. The number of carbonyl (C=O) groups excluding carboxylic acids is 3. The normalized spacial score (nSPS) is 13.4. The third kappa shape index (κ3) is 48.3. The lowest BCUT2D eigenvalue weighted by Gasteiger charge is -2.18. The van der Waals surface area contributed by atoms with Gasteiger partial charge in [-0.3, -0.25) is 14.4 Å². The van der Waals surface area contributed by atoms with Crippen molar-refractivity contribution >= 4 is 17.9 Å². The van der Waals surface area contributed by atoms with Gasteiger partial charge in [-0.05, 0) is 96.3 Å². The smallest absolute Gasteiger partial charge is 0.306 e. The van der Waals surface area contributed by atoms with Crippen LogP contribution in [0.5, 0.6) is 0 Å². The number of carbonyl (C=O) groups is 3. The second kappa shape index (κ2) is 50.9. The summed E-state index contributed by atoms with van der Waals surface area (Å²) < 4.78 is 16.7. The molecular weight excluding hydrogens is 793 g/mol. The van der Waals surface area contributed by atoms with Gasteiger partial charge in [-0.2, -0.15) is 0 Å². The molecule has 0 aromatic carbocycles. The van der Waals surface area contributed by atoms with E-state index in [2.05, 4.69) is 93.7 Å². The van der Waals surface area contributed by atoms with E-state index < -0.39 is 6.10 Å². The SMILES string of the molecule is CC\C=C/C=C\C=C/C=C\C=C\C=C/C=C\CCCCCC(=O)OCC(COC(=O)CCCCCCC/C=C\CCCC)OC(=O)CCCCC/C=C\C/C=C\C/C=C\C/C=C\CC. The zero-order valence-corrected chi connectivity index (χ0v) is 40.5. The van der Waals surface area contributed by atoms with Gasteiger partial charge in [-0.1, -0.05) is 212 Å². The Bertz CT molecular complexity index is 1480. The number of rotatable bonds is 42. The predicted molar refractivity (Wildman–Crippen MR) is 274 cm³/mol. The number of esters is 3. The Morgan fingerprint density at radius 1 is 0.344 bits per heavy atom. The van der Waals surface area contributed by atoms with Gasteiger partial charge < -0.3 is 14.2 Å². The molecule has 0 saturated carbocycles. The summed E-state index contributed by atoms with van der Waals surface area (Å²) in [6.45, 7) is 6.23. The van der Waals surface area contributed by atoms with Crippen molar-refractivity contribution in [3.05, 3.63) is 146 Å². The Morgan fingerprint density at radius 2 is 0.688 bits per heavy atom. The van der Waals surface area contributed by atoms with Crippen molar-refractivity contribution in [1.82, 2.24) is 0 Å². The van der Waals surface area contributed by atoms with Crippen molar-refractivity contribution in [2.75, 3.05) is 13.2 Å². The van der Waals surface area contributed by atoms with Gasteiger partial charge in [0.15, 0.2) is 6.10 Å². The Balaban J connectivity index is 4.58. The molecule has 0 aliphatic heterocycles. The molecule has 0 aliphatic rings. The summed E-state index contributed by atoms with van der Waals surface area (Å²) >= 11 is 0. The summed E-state index contributed by atoms with van der Waals surface area (Å²) in [4.78, 5) is 37.9. The fourth-order valence-corrected chi connectivity index (χ4v) is 6.04. The minimum Gasteiger partial charge on any atom is -0.462 e. The highest BCUT2D eigenvalue weighted by Gasteiger charge is 2.19. The molecule has 0 heterocycles. The average molecular weight is 881 g/mol. The second-order valence-electron chi connectivity index (χ2n) is 15.8. The zero-order valence-electron chi connectivity index (χ0n) is 40.5. The molecule has 0 saturated heterocycles. The Hall–Kier alpha value is -4.71. The van der Waals surface area contributed by atoms with Gasteiger partial charge in [0.2, 0.25) is 0 Å². The van der Waals surface area contributed by atoms with Crippen LogP contribution < -0.4 is 0 Å². The third-order valence-corrected chi connectivity index (χ3v) is 9.75. The molecule has 0 rings (SSSR count). The second-order valence-corrected chi connectivity index (χ2v) is 15.8. The number of ether oxygens (including phenoxy) is 3. The van der Waals surface area contributed by atoms with E-state index >= 15 is 0 Å². The monoisotopic (exact) mass is 881 g/mol. The highest BCUT2D eigenvalue weighted by molar-refractivity contribution is 5.71. The molecule has 0 N–H and O–H groups in total. The number of hydrogen-bond acceptors (Lipinski definition) is 6. The van der Waals surface area contributed by atoms with E-state index in [-0.39, 0.29) is 44.0 Å². The van der Waals surface area contributed by atoms with E-state index in [1.54, 1.807) is 0 Å². The summed E-state index contributed by atoms with van der Waals surface area (Å²) in [5.74, 6) is -1.02. The van der Waals surface area contributed by atoms with Crippen LogP contribution in [0.3, 0.4) is 0 Å². The first-order valence-corrected chi connectivity index (χ1v) is 24.9. The van der Waals surface area contributed by atoms with Gasteiger partial charge in [0, 0.05) is 19.3 Å². The van der Waals surface area contributed by atoms with Crippen LogP contribution >= 0.6 is 0 Å². The fourth-order valence-electron chi connectivity index (χ4n) is 6.04. The number of hydrogen-bond donors (Lipinski definition) is 0. The van der Waals surface area contributed by atoms with Gasteiger partial charge in [-0.15, -0.1) is 0 Å². The van der Waals surface area contributed by atoms with Crippen LogP contribution in [0.25, 0.3) is 0 Å². The molecule has 0 amide bonds. The molecule has 0 spiro atoms. The lowest BCUT2D eigenvalue weighted by Crippen LogP contribution is -2.30. The molecule has 0 aliphatic carbocycles. The van der Waals surface area contributed by atoms with Crippen LogP contribution in [0, 0.1) is 0 Å². The van der Waals surface area contributed by atoms with E-state index in [1.165, 1.54) is 25.7 Å². The van der Waals surface area contributed by atoms with Crippen LogP contribution in [0.2, 0.25) is 0 Å². The molecule has 0 fully saturated rings. The van der Waals surface area contributed by atoms with E-state index in [0.29, 0.717) is 19.3 Å². The molecular formula is C58H88O6. The predicted octanol–water partition coefficient (Wildman–Crippen LogP) is 16.5. The van der Waals surface area contributed by atoms with E-state index in [9.17, 15) is 14.4 Å². The minimum atomic E-state index is -0.823. The highest BCUT2D eigenvalue weighted by atomic mass is 16.6. The Kier molecular flexibility index (Phi) is 47.2. The van der Waals surface area contributed by atoms with Gasteiger partial charge in [0.05, 0.1) is 0 Å². The zero-order chi connectivity index (χ0) is 46.5. The molecule has 0 bridgehead atoms. The van der Waals surface area contributed by atoms with Gasteiger partial charge in [0.1, 0.15) is 13.2 Å². The average Bonchev–Trinajstić information content (AvgIpc) is 3.29. The molecule has 1 atom stereocenters. The Labute approximate surface area is 391 Å². The van der Waals surface area contributed by atoms with Gasteiger partial charge >= 0.3 is 17.9 Å². The topological polar surface area (TPSA) is 78.9 Å². The largest absolute Gasteiger partial charge is 0.462 e. The first kappa shape index (κ1) is 59.3. The van der Waals surface area contributed by atoms with Crippen molar-refractivity contribution in [3.8, 4) is 0 Å². The van der Waals surface area contributed by atoms with Gasteiger partial charge in [0.25, 0.3) is 0 Å². The molecule has 64 heavy (non-hydrogen) atoms. The summed E-state index contributed by atoms with van der Waals surface area (Å²) in [5, 5.41) is 0. The van der Waals surface area contributed by atoms with Crippen LogP contribution in [0.4, 0.5) is 0 Å². The Morgan fingerprint density at radius 3 is 1.17 bits per heavy atom. The molecule has 6 heteroatoms. The van der Waals surface area contributed by atoms with Crippen LogP contribution in [0.1, 0.15) is 181 Å². The van der Waals surface area contributed by atoms with E-state index in [1.807, 2.05) is 72.9 Å². The van der Waals surface area contributed by atoms with Crippen molar-refractivity contribution in [1.29, 1.82) is 0 Å². The summed E-state index contributed by atoms with van der Waals surface area (Å²) in [6.07, 6.45) is 72.5. The highest BCUT2D eigenvalue weighted by Crippen LogP contribution is 2.12. The quantitative estimate of drug-likeness (QED) is 0.0200. The maximum absolute atomic E-state index is 12.8. The molecule has 0 aromatic heterocycles. The first-order chi connectivity index (χ1) is 31.5. The van der Waals surface area contributed by atoms with Crippen molar-refractivity contribution in [2.24, 2.45) is 0 Å². The van der Waals surface area contributed by atoms with Crippen molar-refractivity contribution < 1.29 is 28.6 Å². The third-order valence-electron chi connectivity index (χ3n) is 9.75. The lowest BCUT2D eigenvalue weighted by atomic mass is 10.1. The van der Waals surface area contributed by atoms with Crippen LogP contribution in [-0.2, 0) is 28.6 Å². The molecule has 6 nitrogen and oxygen atoms in total. The van der Waals surface area contributed by atoms with Gasteiger partial charge in [-0.25, -0.2) is 0 Å². The first-order valence-electron chi connectivity index (χ1n) is 24.9. The molecule has 356 valence electrons. The lowest BCUT2D eigenvalue weighted by molar-refractivity contribution is -0.167. The molecule has 1 unspecified atom stereocenters.